The van der Waals surface area contributed by atoms with E-state index in [2.05, 4.69) is 0 Å². The Balaban J connectivity index is 2.86. The van der Waals surface area contributed by atoms with Crippen LogP contribution in [0.1, 0.15) is 26.7 Å². The van der Waals surface area contributed by atoms with E-state index in [-0.39, 0.29) is 5.92 Å². The molecule has 0 bridgehead atoms. The molecule has 72 valence electrons. The monoisotopic (exact) mass is 191 g/mol. The van der Waals surface area contributed by atoms with E-state index >= 15 is 0 Å². The fourth-order valence-corrected chi connectivity index (χ4v) is 3.72. The number of nitrogens with two attached hydrogens (primary N) is 1. The highest BCUT2D eigenvalue weighted by atomic mass is 32.2. The summed E-state index contributed by atoms with van der Waals surface area (Å²) in [6, 6.07) is 0. The van der Waals surface area contributed by atoms with Gasteiger partial charge in [0.15, 0.2) is 9.84 Å². The third kappa shape index (κ3) is 1.38. The topological polar surface area (TPSA) is 60.2 Å². The van der Waals surface area contributed by atoms with Crippen molar-refractivity contribution in [2.24, 2.45) is 11.7 Å². The quantitative estimate of drug-likeness (QED) is 0.693. The predicted molar refractivity (Wildman–Crippen MR) is 49.6 cm³/mol. The van der Waals surface area contributed by atoms with Crippen molar-refractivity contribution in [1.82, 2.24) is 0 Å². The van der Waals surface area contributed by atoms with Crippen LogP contribution >= 0.6 is 0 Å². The largest absolute Gasteiger partial charge is 0.330 e. The van der Waals surface area contributed by atoms with E-state index < -0.39 is 14.6 Å². The zero-order chi connectivity index (χ0) is 9.41. The maximum absolute atomic E-state index is 11.5. The standard InChI is InChI=1S/C8H17NO2S/c1-8(2)7(3-5-9)4-6-12(8,10)11/h7H,3-6,9H2,1-2H3. The van der Waals surface area contributed by atoms with Gasteiger partial charge in [-0.15, -0.1) is 0 Å². The Morgan fingerprint density at radius 1 is 1.50 bits per heavy atom. The fraction of sp³-hybridized carbons (Fsp3) is 1.00. The summed E-state index contributed by atoms with van der Waals surface area (Å²) in [6.07, 6.45) is 1.61. The molecule has 12 heavy (non-hydrogen) atoms. The number of hydrogen-bond donors (Lipinski definition) is 1. The molecule has 0 aliphatic carbocycles. The summed E-state index contributed by atoms with van der Waals surface area (Å²) in [5.74, 6) is 0.595. The zero-order valence-electron chi connectivity index (χ0n) is 7.71. The van der Waals surface area contributed by atoms with Crippen molar-refractivity contribution in [2.75, 3.05) is 12.3 Å². The second-order valence-corrected chi connectivity index (χ2v) is 6.68. The first kappa shape index (κ1) is 9.99. The van der Waals surface area contributed by atoms with Gasteiger partial charge in [0.05, 0.1) is 10.5 Å². The zero-order valence-corrected chi connectivity index (χ0v) is 8.52. The van der Waals surface area contributed by atoms with Crippen molar-refractivity contribution >= 4 is 9.84 Å². The van der Waals surface area contributed by atoms with Crippen LogP contribution in [-0.4, -0.2) is 25.5 Å². The maximum atomic E-state index is 11.5. The second-order valence-electron chi connectivity index (χ2n) is 3.99. The molecule has 1 heterocycles. The summed E-state index contributed by atoms with van der Waals surface area (Å²) >= 11 is 0. The molecule has 3 nitrogen and oxygen atoms in total. The van der Waals surface area contributed by atoms with E-state index in [0.29, 0.717) is 12.3 Å². The van der Waals surface area contributed by atoms with Crippen molar-refractivity contribution in [2.45, 2.75) is 31.4 Å². The van der Waals surface area contributed by atoms with Crippen molar-refractivity contribution in [3.05, 3.63) is 0 Å². The minimum Gasteiger partial charge on any atom is -0.330 e. The van der Waals surface area contributed by atoms with Crippen LogP contribution in [-0.2, 0) is 9.84 Å². The van der Waals surface area contributed by atoms with Crippen LogP contribution in [0.25, 0.3) is 0 Å². The number of sulfone groups is 1. The molecule has 1 atom stereocenters. The van der Waals surface area contributed by atoms with Crippen LogP contribution in [0.5, 0.6) is 0 Å². The third-order valence-corrected chi connectivity index (χ3v) is 5.74. The molecular weight excluding hydrogens is 174 g/mol. The van der Waals surface area contributed by atoms with Crippen LogP contribution in [0.15, 0.2) is 0 Å². The molecule has 0 aromatic rings. The SMILES string of the molecule is CC1(C)C(CCN)CCS1(=O)=O. The van der Waals surface area contributed by atoms with E-state index in [1.807, 2.05) is 13.8 Å². The van der Waals surface area contributed by atoms with Gasteiger partial charge in [-0.1, -0.05) is 0 Å². The summed E-state index contributed by atoms with van der Waals surface area (Å²) in [5.41, 5.74) is 5.42. The molecule has 4 heteroatoms. The lowest BCUT2D eigenvalue weighted by Gasteiger charge is -2.24. The minimum absolute atomic E-state index is 0.257. The van der Waals surface area contributed by atoms with Gasteiger partial charge in [0.25, 0.3) is 0 Å². The molecule has 0 amide bonds. The van der Waals surface area contributed by atoms with Crippen molar-refractivity contribution in [3.63, 3.8) is 0 Å². The number of hydrogen-bond acceptors (Lipinski definition) is 3. The molecule has 1 rings (SSSR count). The Labute approximate surface area is 74.3 Å². The van der Waals surface area contributed by atoms with Crippen LogP contribution in [0.2, 0.25) is 0 Å². The smallest absolute Gasteiger partial charge is 0.155 e. The Kier molecular flexibility index (Phi) is 2.50. The number of rotatable bonds is 2. The average molecular weight is 191 g/mol. The Hall–Kier alpha value is -0.0900. The van der Waals surface area contributed by atoms with Gasteiger partial charge >= 0.3 is 0 Å². The Bertz CT molecular complexity index is 256. The first-order valence-electron chi connectivity index (χ1n) is 4.34. The molecule has 2 N–H and O–H groups in total. The fourth-order valence-electron chi connectivity index (χ4n) is 1.86. The van der Waals surface area contributed by atoms with Gasteiger partial charge < -0.3 is 5.73 Å². The lowest BCUT2D eigenvalue weighted by Crippen LogP contribution is -2.34. The van der Waals surface area contributed by atoms with Crippen molar-refractivity contribution in [1.29, 1.82) is 0 Å². The van der Waals surface area contributed by atoms with Gasteiger partial charge in [-0.05, 0) is 39.2 Å². The summed E-state index contributed by atoms with van der Waals surface area (Å²) in [4.78, 5) is 0. The van der Waals surface area contributed by atoms with E-state index in [1.165, 1.54) is 0 Å². The van der Waals surface area contributed by atoms with E-state index in [9.17, 15) is 8.42 Å². The van der Waals surface area contributed by atoms with Gasteiger partial charge in [-0.3, -0.25) is 0 Å². The third-order valence-electron chi connectivity index (χ3n) is 3.03. The van der Waals surface area contributed by atoms with E-state index in [1.54, 1.807) is 0 Å². The van der Waals surface area contributed by atoms with Crippen LogP contribution in [0, 0.1) is 5.92 Å². The van der Waals surface area contributed by atoms with Crippen LogP contribution < -0.4 is 5.73 Å². The lowest BCUT2D eigenvalue weighted by molar-refractivity contribution is 0.400. The molecule has 0 radical (unpaired) electrons. The molecule has 1 aliphatic heterocycles. The van der Waals surface area contributed by atoms with Gasteiger partial charge in [0.1, 0.15) is 0 Å². The first-order chi connectivity index (χ1) is 5.42. The average Bonchev–Trinajstić information content (AvgIpc) is 2.13. The normalized spacial score (nSPS) is 32.1. The molecule has 1 aliphatic rings. The molecule has 0 saturated carbocycles. The first-order valence-corrected chi connectivity index (χ1v) is 5.99. The van der Waals surface area contributed by atoms with Gasteiger partial charge in [-0.25, -0.2) is 8.42 Å². The summed E-state index contributed by atoms with van der Waals surface area (Å²) in [7, 11) is -2.85. The van der Waals surface area contributed by atoms with Crippen LogP contribution in [0.4, 0.5) is 0 Å². The second kappa shape index (κ2) is 3.00. The minimum atomic E-state index is -2.85. The molecule has 1 saturated heterocycles. The molecule has 1 unspecified atom stereocenters. The summed E-state index contributed by atoms with van der Waals surface area (Å²) in [6.45, 7) is 4.22. The molecular formula is C8H17NO2S. The molecule has 0 spiro atoms. The molecule has 1 fully saturated rings. The van der Waals surface area contributed by atoms with E-state index in [0.717, 1.165) is 12.8 Å². The lowest BCUT2D eigenvalue weighted by atomic mass is 9.90. The Morgan fingerprint density at radius 2 is 2.08 bits per heavy atom. The molecule has 0 aromatic carbocycles. The predicted octanol–water partition coefficient (Wildman–Crippen LogP) is 0.549. The Morgan fingerprint density at radius 3 is 2.42 bits per heavy atom. The van der Waals surface area contributed by atoms with Gasteiger partial charge in [0, 0.05) is 0 Å². The summed E-state index contributed by atoms with van der Waals surface area (Å²) in [5, 5.41) is 0. The highest BCUT2D eigenvalue weighted by Gasteiger charge is 2.46. The summed E-state index contributed by atoms with van der Waals surface area (Å²) < 4.78 is 22.5. The maximum Gasteiger partial charge on any atom is 0.155 e. The van der Waals surface area contributed by atoms with Crippen LogP contribution in [0.3, 0.4) is 0 Å². The molecule has 0 aromatic heterocycles. The van der Waals surface area contributed by atoms with Gasteiger partial charge in [0.2, 0.25) is 0 Å². The van der Waals surface area contributed by atoms with E-state index in [4.69, 9.17) is 5.73 Å². The highest BCUT2D eigenvalue weighted by Crippen LogP contribution is 2.38. The van der Waals surface area contributed by atoms with Gasteiger partial charge in [-0.2, -0.15) is 0 Å². The van der Waals surface area contributed by atoms with Crippen molar-refractivity contribution < 1.29 is 8.42 Å². The van der Waals surface area contributed by atoms with Crippen molar-refractivity contribution in [3.8, 4) is 0 Å². The highest BCUT2D eigenvalue weighted by molar-refractivity contribution is 7.93.